The van der Waals surface area contributed by atoms with Gasteiger partial charge in [-0.05, 0) is 38.6 Å². The molecule has 2 saturated heterocycles. The summed E-state index contributed by atoms with van der Waals surface area (Å²) in [4.78, 5) is 61.0. The van der Waals surface area contributed by atoms with Crippen molar-refractivity contribution in [3.05, 3.63) is 0 Å². The normalized spacial score (nSPS) is 22.9. The zero-order chi connectivity index (χ0) is 22.3. The van der Waals surface area contributed by atoms with E-state index in [1.165, 1.54) is 0 Å². The fourth-order valence-corrected chi connectivity index (χ4v) is 3.66. The Morgan fingerprint density at radius 2 is 1.77 bits per heavy atom. The first-order chi connectivity index (χ1) is 14.2. The second-order valence-corrected chi connectivity index (χ2v) is 7.41. The highest BCUT2D eigenvalue weighted by atomic mass is 16.4. The van der Waals surface area contributed by atoms with Crippen molar-refractivity contribution in [2.75, 3.05) is 19.7 Å². The molecule has 12 heteroatoms. The number of rotatable bonds is 10. The van der Waals surface area contributed by atoms with Crippen LogP contribution in [-0.4, -0.2) is 93.7 Å². The minimum absolute atomic E-state index is 0.189. The lowest BCUT2D eigenvalue weighted by atomic mass is 10.1. The SMILES string of the molecule is O=C(O)CCC(NC(=O)C1CCCN1)C(=O)NC(CO)C(=O)N1CCCC1C(=O)O. The van der Waals surface area contributed by atoms with E-state index in [9.17, 15) is 34.2 Å². The Morgan fingerprint density at radius 3 is 2.33 bits per heavy atom. The summed E-state index contributed by atoms with van der Waals surface area (Å²) in [7, 11) is 0. The van der Waals surface area contributed by atoms with Crippen molar-refractivity contribution < 1.29 is 39.3 Å². The number of nitrogens with zero attached hydrogens (tertiary/aromatic N) is 1. The van der Waals surface area contributed by atoms with Crippen LogP contribution in [0.5, 0.6) is 0 Å². The fourth-order valence-electron chi connectivity index (χ4n) is 3.66. The number of aliphatic hydroxyl groups excluding tert-OH is 1. The van der Waals surface area contributed by atoms with Crippen LogP contribution in [0.3, 0.4) is 0 Å². The van der Waals surface area contributed by atoms with Gasteiger partial charge < -0.3 is 36.2 Å². The van der Waals surface area contributed by atoms with Gasteiger partial charge in [-0.15, -0.1) is 0 Å². The highest BCUT2D eigenvalue weighted by Crippen LogP contribution is 2.18. The van der Waals surface area contributed by atoms with Gasteiger partial charge in [0.1, 0.15) is 18.1 Å². The van der Waals surface area contributed by atoms with E-state index >= 15 is 0 Å². The second-order valence-electron chi connectivity index (χ2n) is 7.41. The van der Waals surface area contributed by atoms with Crippen molar-refractivity contribution in [3.8, 4) is 0 Å². The van der Waals surface area contributed by atoms with E-state index < -0.39 is 60.4 Å². The Bertz CT molecular complexity index is 679. The predicted octanol–water partition coefficient (Wildman–Crippen LogP) is -2.36. The third-order valence-corrected chi connectivity index (χ3v) is 5.27. The first-order valence-electron chi connectivity index (χ1n) is 9.94. The highest BCUT2D eigenvalue weighted by molar-refractivity contribution is 5.94. The average Bonchev–Trinajstić information content (AvgIpc) is 3.40. The van der Waals surface area contributed by atoms with Crippen LogP contribution >= 0.6 is 0 Å². The number of carbonyl (C=O) groups excluding carboxylic acids is 3. The van der Waals surface area contributed by atoms with Crippen molar-refractivity contribution in [1.82, 2.24) is 20.9 Å². The van der Waals surface area contributed by atoms with Gasteiger partial charge in [-0.3, -0.25) is 19.2 Å². The number of hydrogen-bond acceptors (Lipinski definition) is 7. The molecule has 0 spiro atoms. The standard InChI is InChI=1S/C18H28N4O8/c23-9-12(17(28)22-8-2-4-13(22)18(29)30)21-16(27)11(5-6-14(24)25)20-15(26)10-3-1-7-19-10/h10-13,19,23H,1-9H2,(H,20,26)(H,21,27)(H,24,25)(H,29,30). The molecule has 6 N–H and O–H groups in total. The number of aliphatic carboxylic acids is 2. The molecule has 2 fully saturated rings. The topological polar surface area (TPSA) is 185 Å². The smallest absolute Gasteiger partial charge is 0.326 e. The third-order valence-electron chi connectivity index (χ3n) is 5.27. The quantitative estimate of drug-likeness (QED) is 0.221. The van der Waals surface area contributed by atoms with E-state index in [1.807, 2.05) is 0 Å². The van der Waals surface area contributed by atoms with Crippen molar-refractivity contribution in [2.24, 2.45) is 0 Å². The summed E-state index contributed by atoms with van der Waals surface area (Å²) >= 11 is 0. The Morgan fingerprint density at radius 1 is 1.03 bits per heavy atom. The van der Waals surface area contributed by atoms with Gasteiger partial charge in [0.2, 0.25) is 17.7 Å². The molecule has 0 bridgehead atoms. The lowest BCUT2D eigenvalue weighted by molar-refractivity contribution is -0.150. The van der Waals surface area contributed by atoms with E-state index in [4.69, 9.17) is 5.11 Å². The lowest BCUT2D eigenvalue weighted by Crippen LogP contribution is -2.58. The first kappa shape index (κ1) is 23.5. The third kappa shape index (κ3) is 6.13. The summed E-state index contributed by atoms with van der Waals surface area (Å²) in [6.07, 6.45) is 1.56. The number of nitrogens with one attached hydrogen (secondary N) is 3. The Balaban J connectivity index is 2.04. The zero-order valence-corrected chi connectivity index (χ0v) is 16.5. The Labute approximate surface area is 173 Å². The molecule has 2 rings (SSSR count). The predicted molar refractivity (Wildman–Crippen MR) is 101 cm³/mol. The molecule has 3 amide bonds. The highest BCUT2D eigenvalue weighted by Gasteiger charge is 2.38. The maximum absolute atomic E-state index is 12.7. The van der Waals surface area contributed by atoms with E-state index in [0.29, 0.717) is 19.4 Å². The van der Waals surface area contributed by atoms with Crippen LogP contribution < -0.4 is 16.0 Å². The zero-order valence-electron chi connectivity index (χ0n) is 16.5. The molecular weight excluding hydrogens is 400 g/mol. The van der Waals surface area contributed by atoms with Gasteiger partial charge in [-0.1, -0.05) is 0 Å². The Hall–Kier alpha value is -2.73. The molecule has 12 nitrogen and oxygen atoms in total. The number of carboxylic acids is 2. The van der Waals surface area contributed by atoms with Gasteiger partial charge in [0, 0.05) is 13.0 Å². The summed E-state index contributed by atoms with van der Waals surface area (Å²) in [5.74, 6) is -4.33. The minimum Gasteiger partial charge on any atom is -0.481 e. The number of hydrogen-bond donors (Lipinski definition) is 6. The van der Waals surface area contributed by atoms with Gasteiger partial charge in [0.05, 0.1) is 12.6 Å². The van der Waals surface area contributed by atoms with E-state index in [-0.39, 0.29) is 25.8 Å². The van der Waals surface area contributed by atoms with Crippen molar-refractivity contribution in [2.45, 2.75) is 62.7 Å². The molecule has 0 aromatic carbocycles. The second kappa shape index (κ2) is 10.9. The number of aliphatic hydroxyl groups is 1. The number of likely N-dealkylation sites (tertiary alicyclic amines) is 1. The van der Waals surface area contributed by atoms with Crippen molar-refractivity contribution in [3.63, 3.8) is 0 Å². The number of carbonyl (C=O) groups is 5. The molecule has 0 aliphatic carbocycles. The Kier molecular flexibility index (Phi) is 8.54. The summed E-state index contributed by atoms with van der Waals surface area (Å²) in [6, 6.07) is -4.13. The van der Waals surface area contributed by atoms with Crippen LogP contribution in [0.2, 0.25) is 0 Å². The molecule has 30 heavy (non-hydrogen) atoms. The van der Waals surface area contributed by atoms with Gasteiger partial charge in [0.15, 0.2) is 0 Å². The molecule has 2 aliphatic rings. The molecule has 4 unspecified atom stereocenters. The van der Waals surface area contributed by atoms with Gasteiger partial charge in [0.25, 0.3) is 0 Å². The van der Waals surface area contributed by atoms with Gasteiger partial charge in [-0.25, -0.2) is 4.79 Å². The summed E-state index contributed by atoms with van der Waals surface area (Å²) in [6.45, 7) is 0.0810. The van der Waals surface area contributed by atoms with Gasteiger partial charge in [-0.2, -0.15) is 0 Å². The maximum Gasteiger partial charge on any atom is 0.326 e. The lowest BCUT2D eigenvalue weighted by Gasteiger charge is -2.28. The molecule has 4 atom stereocenters. The van der Waals surface area contributed by atoms with Crippen LogP contribution in [0.15, 0.2) is 0 Å². The number of carboxylic acid groups (broad SMARTS) is 2. The molecule has 168 valence electrons. The fraction of sp³-hybridized carbons (Fsp3) is 0.722. The van der Waals surface area contributed by atoms with E-state index in [1.54, 1.807) is 0 Å². The average molecular weight is 428 g/mol. The van der Waals surface area contributed by atoms with Crippen molar-refractivity contribution in [1.29, 1.82) is 0 Å². The van der Waals surface area contributed by atoms with Crippen LogP contribution in [0.25, 0.3) is 0 Å². The number of amides is 3. The van der Waals surface area contributed by atoms with E-state index in [0.717, 1.165) is 11.3 Å². The molecule has 2 heterocycles. The maximum atomic E-state index is 12.7. The summed E-state index contributed by atoms with van der Waals surface area (Å²) in [5.41, 5.74) is 0. The first-order valence-corrected chi connectivity index (χ1v) is 9.94. The van der Waals surface area contributed by atoms with Crippen LogP contribution in [0.4, 0.5) is 0 Å². The van der Waals surface area contributed by atoms with Crippen LogP contribution in [-0.2, 0) is 24.0 Å². The van der Waals surface area contributed by atoms with Crippen molar-refractivity contribution >= 4 is 29.7 Å². The molecule has 0 radical (unpaired) electrons. The largest absolute Gasteiger partial charge is 0.481 e. The van der Waals surface area contributed by atoms with Gasteiger partial charge >= 0.3 is 11.9 Å². The molecular formula is C18H28N4O8. The summed E-state index contributed by atoms with van der Waals surface area (Å²) < 4.78 is 0. The molecule has 0 aromatic rings. The van der Waals surface area contributed by atoms with E-state index in [2.05, 4.69) is 16.0 Å². The molecule has 2 aliphatic heterocycles. The minimum atomic E-state index is -1.40. The molecule has 0 aromatic heterocycles. The van der Waals surface area contributed by atoms with Crippen LogP contribution in [0, 0.1) is 0 Å². The summed E-state index contributed by atoms with van der Waals surface area (Å²) in [5, 5.41) is 35.5. The van der Waals surface area contributed by atoms with Crippen LogP contribution in [0.1, 0.15) is 38.5 Å². The molecule has 0 saturated carbocycles. The monoisotopic (exact) mass is 428 g/mol.